The molecule has 1 fully saturated rings. The summed E-state index contributed by atoms with van der Waals surface area (Å²) in [7, 11) is 0. The summed E-state index contributed by atoms with van der Waals surface area (Å²) in [6.07, 6.45) is 1.26. The van der Waals surface area contributed by atoms with E-state index >= 15 is 0 Å². The molecule has 116 valence electrons. The van der Waals surface area contributed by atoms with Gasteiger partial charge in [0.25, 0.3) is 5.91 Å². The molecule has 0 radical (unpaired) electrons. The Labute approximate surface area is 134 Å². The number of rotatable bonds is 4. The van der Waals surface area contributed by atoms with E-state index in [0.29, 0.717) is 12.1 Å². The molecular formula is C17H20N2O2S. The van der Waals surface area contributed by atoms with Crippen molar-refractivity contribution in [1.82, 2.24) is 4.90 Å². The number of β-amino-alcohol motifs (C(OH)–C–C–N with tert-alkyl or cyclic N) is 1. The van der Waals surface area contributed by atoms with E-state index < -0.39 is 6.10 Å². The van der Waals surface area contributed by atoms with Crippen LogP contribution in [0.3, 0.4) is 0 Å². The number of likely N-dealkylation sites (tertiary alicyclic amines) is 1. The summed E-state index contributed by atoms with van der Waals surface area (Å²) in [6, 6.07) is 9.66. The molecule has 1 atom stereocenters. The topological polar surface area (TPSA) is 52.6 Å². The normalized spacial score (nSPS) is 18.2. The highest BCUT2D eigenvalue weighted by Crippen LogP contribution is 2.17. The highest BCUT2D eigenvalue weighted by molar-refractivity contribution is 7.07. The summed E-state index contributed by atoms with van der Waals surface area (Å²) >= 11 is 1.68. The zero-order valence-corrected chi connectivity index (χ0v) is 13.2. The number of aliphatic hydroxyl groups is 1. The summed E-state index contributed by atoms with van der Waals surface area (Å²) in [5, 5.41) is 17.2. The van der Waals surface area contributed by atoms with Crippen LogP contribution in [-0.4, -0.2) is 35.1 Å². The Kier molecular flexibility index (Phi) is 4.75. The van der Waals surface area contributed by atoms with Gasteiger partial charge in [0.2, 0.25) is 0 Å². The number of benzene rings is 1. The van der Waals surface area contributed by atoms with Gasteiger partial charge in [0.15, 0.2) is 0 Å². The first-order valence-corrected chi connectivity index (χ1v) is 8.49. The average Bonchev–Trinajstić information content (AvgIpc) is 3.06. The highest BCUT2D eigenvalue weighted by Gasteiger charge is 2.23. The predicted molar refractivity (Wildman–Crippen MR) is 89.2 cm³/mol. The van der Waals surface area contributed by atoms with E-state index in [0.717, 1.165) is 31.6 Å². The SMILES string of the molecule is O=C(c1cccc(NCc2ccsc2)c1)N1CCCC(O)C1. The largest absolute Gasteiger partial charge is 0.391 e. The molecule has 0 aliphatic carbocycles. The molecule has 0 spiro atoms. The number of hydrogen-bond acceptors (Lipinski definition) is 4. The van der Waals surface area contributed by atoms with Gasteiger partial charge in [0.1, 0.15) is 0 Å². The quantitative estimate of drug-likeness (QED) is 0.912. The van der Waals surface area contributed by atoms with Crippen molar-refractivity contribution in [3.05, 3.63) is 52.2 Å². The fraction of sp³-hybridized carbons (Fsp3) is 0.353. The van der Waals surface area contributed by atoms with Crippen LogP contribution in [0.25, 0.3) is 0 Å². The van der Waals surface area contributed by atoms with E-state index in [2.05, 4.69) is 22.1 Å². The van der Waals surface area contributed by atoms with Crippen LogP contribution in [0.5, 0.6) is 0 Å². The van der Waals surface area contributed by atoms with Crippen LogP contribution < -0.4 is 5.32 Å². The third kappa shape index (κ3) is 3.67. The monoisotopic (exact) mass is 316 g/mol. The first kappa shape index (κ1) is 15.1. The molecule has 1 amide bonds. The van der Waals surface area contributed by atoms with Crippen molar-refractivity contribution >= 4 is 22.9 Å². The van der Waals surface area contributed by atoms with Crippen molar-refractivity contribution in [2.45, 2.75) is 25.5 Å². The zero-order chi connectivity index (χ0) is 15.4. The van der Waals surface area contributed by atoms with Gasteiger partial charge in [-0.15, -0.1) is 0 Å². The molecule has 2 aromatic rings. The van der Waals surface area contributed by atoms with E-state index in [1.54, 1.807) is 16.2 Å². The third-order valence-corrected chi connectivity index (χ3v) is 4.60. The van der Waals surface area contributed by atoms with Crippen LogP contribution >= 0.6 is 11.3 Å². The van der Waals surface area contributed by atoms with Crippen molar-refractivity contribution in [2.24, 2.45) is 0 Å². The molecular weight excluding hydrogens is 296 g/mol. The lowest BCUT2D eigenvalue weighted by Gasteiger charge is -2.30. The van der Waals surface area contributed by atoms with Crippen LogP contribution in [0.15, 0.2) is 41.1 Å². The Morgan fingerprint density at radius 1 is 1.41 bits per heavy atom. The Hall–Kier alpha value is -1.85. The standard InChI is InChI=1S/C17H20N2O2S/c20-16-5-2-7-19(11-16)17(21)14-3-1-4-15(9-14)18-10-13-6-8-22-12-13/h1,3-4,6,8-9,12,16,18,20H,2,5,7,10-11H2. The van der Waals surface area contributed by atoms with Crippen LogP contribution in [-0.2, 0) is 6.54 Å². The van der Waals surface area contributed by atoms with Crippen molar-refractivity contribution < 1.29 is 9.90 Å². The number of carbonyl (C=O) groups is 1. The molecule has 1 aliphatic rings. The van der Waals surface area contributed by atoms with Crippen molar-refractivity contribution in [1.29, 1.82) is 0 Å². The minimum atomic E-state index is -0.391. The predicted octanol–water partition coefficient (Wildman–Crippen LogP) is 2.96. The van der Waals surface area contributed by atoms with Gasteiger partial charge in [-0.3, -0.25) is 4.79 Å². The minimum absolute atomic E-state index is 0.00191. The number of carbonyl (C=O) groups excluding carboxylic acids is 1. The van der Waals surface area contributed by atoms with E-state index in [9.17, 15) is 9.90 Å². The molecule has 0 bridgehead atoms. The highest BCUT2D eigenvalue weighted by atomic mass is 32.1. The van der Waals surface area contributed by atoms with Crippen LogP contribution in [0, 0.1) is 0 Å². The first-order chi connectivity index (χ1) is 10.7. The lowest BCUT2D eigenvalue weighted by atomic mass is 10.1. The van der Waals surface area contributed by atoms with Gasteiger partial charge in [0.05, 0.1) is 6.10 Å². The second kappa shape index (κ2) is 6.94. The number of hydrogen-bond donors (Lipinski definition) is 2. The number of anilines is 1. The van der Waals surface area contributed by atoms with Crippen molar-refractivity contribution in [3.8, 4) is 0 Å². The second-order valence-corrected chi connectivity index (χ2v) is 6.39. The van der Waals surface area contributed by atoms with Gasteiger partial charge >= 0.3 is 0 Å². The summed E-state index contributed by atoms with van der Waals surface area (Å²) in [5.74, 6) is -0.00191. The lowest BCUT2D eigenvalue weighted by Crippen LogP contribution is -2.42. The first-order valence-electron chi connectivity index (χ1n) is 7.55. The molecule has 22 heavy (non-hydrogen) atoms. The summed E-state index contributed by atoms with van der Waals surface area (Å²) in [5.41, 5.74) is 2.85. The Bertz CT molecular complexity index is 627. The smallest absolute Gasteiger partial charge is 0.254 e. The number of nitrogens with one attached hydrogen (secondary N) is 1. The van der Waals surface area contributed by atoms with Gasteiger partial charge in [-0.1, -0.05) is 6.07 Å². The molecule has 4 nitrogen and oxygen atoms in total. The third-order valence-electron chi connectivity index (χ3n) is 3.87. The van der Waals surface area contributed by atoms with Gasteiger partial charge in [0, 0.05) is 30.9 Å². The maximum atomic E-state index is 12.5. The molecule has 1 unspecified atom stereocenters. The Morgan fingerprint density at radius 2 is 2.32 bits per heavy atom. The van der Waals surface area contributed by atoms with Crippen molar-refractivity contribution in [3.63, 3.8) is 0 Å². The molecule has 2 heterocycles. The Morgan fingerprint density at radius 3 is 3.09 bits per heavy atom. The van der Waals surface area contributed by atoms with Gasteiger partial charge in [-0.25, -0.2) is 0 Å². The average molecular weight is 316 g/mol. The number of aliphatic hydroxyl groups excluding tert-OH is 1. The molecule has 1 saturated heterocycles. The summed E-state index contributed by atoms with van der Waals surface area (Å²) < 4.78 is 0. The number of nitrogens with zero attached hydrogens (tertiary/aromatic N) is 1. The fourth-order valence-electron chi connectivity index (χ4n) is 2.68. The summed E-state index contributed by atoms with van der Waals surface area (Å²) in [4.78, 5) is 14.3. The van der Waals surface area contributed by atoms with Crippen LogP contribution in [0.2, 0.25) is 0 Å². The van der Waals surface area contributed by atoms with E-state index in [-0.39, 0.29) is 5.91 Å². The van der Waals surface area contributed by atoms with Gasteiger partial charge < -0.3 is 15.3 Å². The molecule has 1 aliphatic heterocycles. The molecule has 1 aromatic heterocycles. The lowest BCUT2D eigenvalue weighted by molar-refractivity contribution is 0.0474. The summed E-state index contributed by atoms with van der Waals surface area (Å²) in [6.45, 7) is 1.91. The Balaban J connectivity index is 1.66. The van der Waals surface area contributed by atoms with E-state index in [1.807, 2.05) is 24.3 Å². The molecule has 5 heteroatoms. The molecule has 3 rings (SSSR count). The van der Waals surface area contributed by atoms with Crippen molar-refractivity contribution in [2.75, 3.05) is 18.4 Å². The number of thiophene rings is 1. The zero-order valence-electron chi connectivity index (χ0n) is 12.4. The van der Waals surface area contributed by atoms with E-state index in [4.69, 9.17) is 0 Å². The van der Waals surface area contributed by atoms with Crippen LogP contribution in [0.1, 0.15) is 28.8 Å². The maximum absolute atomic E-state index is 12.5. The molecule has 2 N–H and O–H groups in total. The number of amides is 1. The molecule has 0 saturated carbocycles. The fourth-order valence-corrected chi connectivity index (χ4v) is 3.35. The minimum Gasteiger partial charge on any atom is -0.391 e. The molecule has 1 aromatic carbocycles. The van der Waals surface area contributed by atoms with E-state index in [1.165, 1.54) is 5.56 Å². The maximum Gasteiger partial charge on any atom is 0.254 e. The second-order valence-electron chi connectivity index (χ2n) is 5.61. The number of piperidine rings is 1. The van der Waals surface area contributed by atoms with Gasteiger partial charge in [-0.2, -0.15) is 11.3 Å². The van der Waals surface area contributed by atoms with Crippen LogP contribution in [0.4, 0.5) is 5.69 Å². The van der Waals surface area contributed by atoms with Gasteiger partial charge in [-0.05, 0) is 53.4 Å².